The van der Waals surface area contributed by atoms with Gasteiger partial charge in [-0.05, 0) is 20.3 Å². The molecule has 1 aromatic carbocycles. The van der Waals surface area contributed by atoms with Gasteiger partial charge in [-0.3, -0.25) is 9.59 Å². The van der Waals surface area contributed by atoms with E-state index in [0.29, 0.717) is 17.8 Å². The van der Waals surface area contributed by atoms with Crippen LogP contribution in [0.2, 0.25) is 0 Å². The number of benzene rings is 1. The van der Waals surface area contributed by atoms with Crippen LogP contribution in [-0.4, -0.2) is 11.8 Å². The van der Waals surface area contributed by atoms with Crippen molar-refractivity contribution in [1.82, 2.24) is 0 Å². The van der Waals surface area contributed by atoms with E-state index in [4.69, 9.17) is 4.74 Å². The van der Waals surface area contributed by atoms with Gasteiger partial charge in [0.1, 0.15) is 11.2 Å². The van der Waals surface area contributed by atoms with Crippen LogP contribution in [0.1, 0.15) is 32.8 Å². The zero-order valence-corrected chi connectivity index (χ0v) is 10.8. The fourth-order valence-electron chi connectivity index (χ4n) is 2.00. The van der Waals surface area contributed by atoms with Gasteiger partial charge in [0.25, 0.3) is 0 Å². The van der Waals surface area contributed by atoms with Gasteiger partial charge in [0, 0.05) is 11.1 Å². The van der Waals surface area contributed by atoms with Crippen molar-refractivity contribution >= 4 is 17.5 Å². The average molecular weight is 244 g/mol. The molecule has 0 aliphatic carbocycles. The number of esters is 1. The van der Waals surface area contributed by atoms with Crippen molar-refractivity contribution in [2.45, 2.75) is 27.2 Å². The summed E-state index contributed by atoms with van der Waals surface area (Å²) in [6, 6.07) is 9.27. The average Bonchev–Trinajstić information content (AvgIpc) is 2.37. The highest BCUT2D eigenvalue weighted by Crippen LogP contribution is 2.36. The Balaban J connectivity index is 2.58. The van der Waals surface area contributed by atoms with Crippen LogP contribution in [0.25, 0.3) is 5.76 Å². The van der Waals surface area contributed by atoms with Crippen LogP contribution in [0.3, 0.4) is 0 Å². The summed E-state index contributed by atoms with van der Waals surface area (Å²) in [6.45, 7) is 5.11. The van der Waals surface area contributed by atoms with E-state index in [1.54, 1.807) is 13.8 Å². The molecular formula is C15H16O3. The van der Waals surface area contributed by atoms with Gasteiger partial charge in [0.05, 0.1) is 0 Å². The van der Waals surface area contributed by atoms with Gasteiger partial charge in [-0.15, -0.1) is 0 Å². The van der Waals surface area contributed by atoms with Crippen molar-refractivity contribution in [1.29, 1.82) is 0 Å². The second kappa shape index (κ2) is 4.41. The molecule has 1 aliphatic rings. The van der Waals surface area contributed by atoms with Crippen LogP contribution in [0.4, 0.5) is 0 Å². The lowest BCUT2D eigenvalue weighted by Gasteiger charge is -2.29. The van der Waals surface area contributed by atoms with E-state index in [1.807, 2.05) is 37.3 Å². The molecule has 1 aliphatic heterocycles. The predicted octanol–water partition coefficient (Wildman–Crippen LogP) is 2.96. The Labute approximate surface area is 106 Å². The Hall–Kier alpha value is -1.90. The van der Waals surface area contributed by atoms with Crippen molar-refractivity contribution in [2.24, 2.45) is 5.41 Å². The van der Waals surface area contributed by atoms with Crippen molar-refractivity contribution in [2.75, 3.05) is 0 Å². The molecule has 18 heavy (non-hydrogen) atoms. The van der Waals surface area contributed by atoms with Crippen LogP contribution in [-0.2, 0) is 14.3 Å². The summed E-state index contributed by atoms with van der Waals surface area (Å²) in [4.78, 5) is 24.2. The molecule has 0 unspecified atom stereocenters. The zero-order valence-electron chi connectivity index (χ0n) is 10.8. The van der Waals surface area contributed by atoms with Crippen molar-refractivity contribution in [3.63, 3.8) is 0 Å². The van der Waals surface area contributed by atoms with Gasteiger partial charge in [-0.25, -0.2) is 0 Å². The van der Waals surface area contributed by atoms with E-state index in [-0.39, 0.29) is 5.78 Å². The molecule has 94 valence electrons. The maximum Gasteiger partial charge on any atom is 0.324 e. The van der Waals surface area contributed by atoms with Crippen LogP contribution >= 0.6 is 0 Å². The summed E-state index contributed by atoms with van der Waals surface area (Å²) in [6.07, 6.45) is 0.555. The quantitative estimate of drug-likeness (QED) is 0.593. The fourth-order valence-corrected chi connectivity index (χ4v) is 2.00. The molecule has 2 rings (SSSR count). The molecular weight excluding hydrogens is 228 g/mol. The van der Waals surface area contributed by atoms with Crippen molar-refractivity contribution < 1.29 is 14.3 Å². The normalized spacial score (nSPS) is 18.8. The van der Waals surface area contributed by atoms with E-state index < -0.39 is 11.4 Å². The van der Waals surface area contributed by atoms with Gasteiger partial charge >= 0.3 is 5.97 Å². The minimum atomic E-state index is -1.08. The highest BCUT2D eigenvalue weighted by molar-refractivity contribution is 6.18. The second-order valence-corrected chi connectivity index (χ2v) is 4.87. The summed E-state index contributed by atoms with van der Waals surface area (Å²) >= 11 is 0. The molecule has 0 bridgehead atoms. The van der Waals surface area contributed by atoms with Crippen molar-refractivity contribution in [3.05, 3.63) is 41.5 Å². The van der Waals surface area contributed by atoms with Gasteiger partial charge in [-0.1, -0.05) is 37.3 Å². The molecule has 3 nitrogen and oxygen atoms in total. The number of Topliss-reactive ketones (excluding diaryl/α,β-unsaturated/α-hetero) is 1. The molecule has 0 radical (unpaired) electrons. The van der Waals surface area contributed by atoms with Crippen LogP contribution in [0.15, 0.2) is 35.9 Å². The van der Waals surface area contributed by atoms with E-state index in [2.05, 4.69) is 0 Å². The Morgan fingerprint density at radius 1 is 1.11 bits per heavy atom. The third-order valence-electron chi connectivity index (χ3n) is 3.21. The smallest absolute Gasteiger partial charge is 0.324 e. The Morgan fingerprint density at radius 2 is 1.72 bits per heavy atom. The fraction of sp³-hybridized carbons (Fsp3) is 0.333. The maximum atomic E-state index is 12.3. The summed E-state index contributed by atoms with van der Waals surface area (Å²) in [5.41, 5.74) is 0.279. The number of carbonyl (C=O) groups excluding carboxylic acids is 2. The lowest BCUT2D eigenvalue weighted by atomic mass is 9.80. The molecule has 0 fully saturated rings. The maximum absolute atomic E-state index is 12.3. The first-order chi connectivity index (χ1) is 8.48. The molecule has 0 amide bonds. The number of carbonyl (C=O) groups is 2. The van der Waals surface area contributed by atoms with Gasteiger partial charge in [0.2, 0.25) is 0 Å². The summed E-state index contributed by atoms with van der Waals surface area (Å²) < 4.78 is 5.38. The number of hydrogen-bond donors (Lipinski definition) is 0. The number of hydrogen-bond acceptors (Lipinski definition) is 3. The molecule has 0 N–H and O–H groups in total. The molecule has 0 spiro atoms. The highest BCUT2D eigenvalue weighted by atomic mass is 16.5. The number of ether oxygens (including phenoxy) is 1. The lowest BCUT2D eigenvalue weighted by Crippen LogP contribution is -2.40. The molecule has 0 atom stereocenters. The largest absolute Gasteiger partial charge is 0.425 e. The second-order valence-electron chi connectivity index (χ2n) is 4.87. The third kappa shape index (κ3) is 1.86. The summed E-state index contributed by atoms with van der Waals surface area (Å²) in [7, 11) is 0. The molecule has 0 saturated carbocycles. The summed E-state index contributed by atoms with van der Waals surface area (Å²) in [5, 5.41) is 0. The molecule has 0 aromatic heterocycles. The van der Waals surface area contributed by atoms with Gasteiger partial charge in [-0.2, -0.15) is 0 Å². The third-order valence-corrected chi connectivity index (χ3v) is 3.21. The van der Waals surface area contributed by atoms with Crippen molar-refractivity contribution in [3.8, 4) is 0 Å². The SMILES string of the molecule is CCC1=C(c2ccccc2)OC(=O)C(C)(C)C1=O. The number of ketones is 1. The standard InChI is InChI=1S/C15H16O3/c1-4-11-12(10-8-6-5-7-9-10)18-14(17)15(2,3)13(11)16/h5-9H,4H2,1-3H3. The highest BCUT2D eigenvalue weighted by Gasteiger charge is 2.44. The van der Waals surface area contributed by atoms with E-state index >= 15 is 0 Å². The van der Waals surface area contributed by atoms with E-state index in [9.17, 15) is 9.59 Å². The first kappa shape index (κ1) is 12.6. The molecule has 3 heteroatoms. The summed E-state index contributed by atoms with van der Waals surface area (Å²) in [5.74, 6) is -0.212. The van der Waals surface area contributed by atoms with E-state index in [0.717, 1.165) is 5.56 Å². The number of rotatable bonds is 2. The Kier molecular flexibility index (Phi) is 3.07. The first-order valence-corrected chi connectivity index (χ1v) is 6.04. The number of cyclic esters (lactones) is 1. The Morgan fingerprint density at radius 3 is 2.28 bits per heavy atom. The van der Waals surface area contributed by atoms with Crippen LogP contribution < -0.4 is 0 Å². The minimum absolute atomic E-state index is 0.139. The van der Waals surface area contributed by atoms with Crippen LogP contribution in [0, 0.1) is 5.41 Å². The monoisotopic (exact) mass is 244 g/mol. The predicted molar refractivity (Wildman–Crippen MR) is 68.5 cm³/mol. The lowest BCUT2D eigenvalue weighted by molar-refractivity contribution is -0.153. The van der Waals surface area contributed by atoms with Gasteiger partial charge < -0.3 is 4.74 Å². The number of allylic oxidation sites excluding steroid dienone is 1. The zero-order chi connectivity index (χ0) is 13.3. The minimum Gasteiger partial charge on any atom is -0.425 e. The van der Waals surface area contributed by atoms with Gasteiger partial charge in [0.15, 0.2) is 5.78 Å². The molecule has 0 saturated heterocycles. The topological polar surface area (TPSA) is 43.4 Å². The molecule has 1 heterocycles. The Bertz CT molecular complexity index is 524. The van der Waals surface area contributed by atoms with E-state index in [1.165, 1.54) is 0 Å². The molecule has 1 aromatic rings. The van der Waals surface area contributed by atoms with Crippen LogP contribution in [0.5, 0.6) is 0 Å². The first-order valence-electron chi connectivity index (χ1n) is 6.04.